The summed E-state index contributed by atoms with van der Waals surface area (Å²) in [7, 11) is 0. The molecule has 0 spiro atoms. The van der Waals surface area contributed by atoms with Crippen LogP contribution in [0.3, 0.4) is 0 Å². The second kappa shape index (κ2) is 7.23. The maximum Gasteiger partial charge on any atom is 0.0537 e. The Morgan fingerprint density at radius 3 is 2.80 bits per heavy atom. The monoisotopic (exact) mass is 278 g/mol. The largest absolute Gasteiger partial charge is 0.313 e. The van der Waals surface area contributed by atoms with Gasteiger partial charge in [0, 0.05) is 43.5 Å². The summed E-state index contributed by atoms with van der Waals surface area (Å²) in [6, 6.07) is 1.11. The lowest BCUT2D eigenvalue weighted by atomic mass is 10.1. The fourth-order valence-corrected chi connectivity index (χ4v) is 3.03. The van der Waals surface area contributed by atoms with Gasteiger partial charge in [-0.15, -0.1) is 0 Å². The first-order valence-corrected chi connectivity index (χ1v) is 8.10. The van der Waals surface area contributed by atoms with Crippen LogP contribution >= 0.6 is 0 Å². The van der Waals surface area contributed by atoms with Crippen molar-refractivity contribution in [2.24, 2.45) is 5.92 Å². The molecule has 0 bridgehead atoms. The summed E-state index contributed by atoms with van der Waals surface area (Å²) >= 11 is 0. The van der Waals surface area contributed by atoms with E-state index in [4.69, 9.17) is 0 Å². The Hall–Kier alpha value is -0.870. The van der Waals surface area contributed by atoms with E-state index in [1.165, 1.54) is 24.9 Å². The standard InChI is InChI=1S/C16H30N4/c1-5-20-11-15(9-18-20)14(4)19(10-13(2)3)12-16-7-6-8-17-16/h9,11,13-14,16-17H,5-8,10,12H2,1-4H3. The van der Waals surface area contributed by atoms with Crippen molar-refractivity contribution in [3.05, 3.63) is 18.0 Å². The Labute approximate surface area is 123 Å². The molecule has 2 unspecified atom stereocenters. The summed E-state index contributed by atoms with van der Waals surface area (Å²) in [4.78, 5) is 2.62. The molecule has 0 amide bonds. The normalized spacial score (nSPS) is 21.0. The molecule has 0 saturated carbocycles. The molecule has 0 aliphatic carbocycles. The fourth-order valence-electron chi connectivity index (χ4n) is 3.03. The molecule has 4 nitrogen and oxygen atoms in total. The Morgan fingerprint density at radius 2 is 2.25 bits per heavy atom. The van der Waals surface area contributed by atoms with Crippen LogP contribution in [-0.2, 0) is 6.54 Å². The first kappa shape index (κ1) is 15.5. The van der Waals surface area contributed by atoms with Gasteiger partial charge in [-0.3, -0.25) is 9.58 Å². The fraction of sp³-hybridized carbons (Fsp3) is 0.812. The molecule has 114 valence electrons. The van der Waals surface area contributed by atoms with Crippen LogP contribution in [0.25, 0.3) is 0 Å². The van der Waals surface area contributed by atoms with E-state index in [2.05, 4.69) is 49.2 Å². The highest BCUT2D eigenvalue weighted by molar-refractivity contribution is 5.10. The SMILES string of the molecule is CCn1cc(C(C)N(CC(C)C)CC2CCCN2)cn1. The van der Waals surface area contributed by atoms with E-state index in [9.17, 15) is 0 Å². The maximum atomic E-state index is 4.42. The lowest BCUT2D eigenvalue weighted by Crippen LogP contribution is -2.40. The molecule has 0 radical (unpaired) electrons. The molecule has 1 saturated heterocycles. The third-order valence-corrected chi connectivity index (χ3v) is 4.22. The Morgan fingerprint density at radius 1 is 1.45 bits per heavy atom. The van der Waals surface area contributed by atoms with Gasteiger partial charge in [-0.25, -0.2) is 0 Å². The van der Waals surface area contributed by atoms with Gasteiger partial charge in [0.15, 0.2) is 0 Å². The molecule has 1 aliphatic rings. The molecular weight excluding hydrogens is 248 g/mol. The molecule has 20 heavy (non-hydrogen) atoms. The van der Waals surface area contributed by atoms with Gasteiger partial charge in [-0.1, -0.05) is 13.8 Å². The molecule has 2 heterocycles. The van der Waals surface area contributed by atoms with Gasteiger partial charge >= 0.3 is 0 Å². The predicted molar refractivity (Wildman–Crippen MR) is 83.8 cm³/mol. The topological polar surface area (TPSA) is 33.1 Å². The van der Waals surface area contributed by atoms with E-state index in [-0.39, 0.29) is 0 Å². The van der Waals surface area contributed by atoms with Crippen molar-refractivity contribution < 1.29 is 0 Å². The van der Waals surface area contributed by atoms with Crippen molar-refractivity contribution in [2.75, 3.05) is 19.6 Å². The molecule has 2 rings (SSSR count). The van der Waals surface area contributed by atoms with Crippen molar-refractivity contribution in [3.8, 4) is 0 Å². The third kappa shape index (κ3) is 4.06. The maximum absolute atomic E-state index is 4.42. The van der Waals surface area contributed by atoms with Crippen LogP contribution in [0.2, 0.25) is 0 Å². The Balaban J connectivity index is 2.03. The van der Waals surface area contributed by atoms with E-state index in [0.29, 0.717) is 18.0 Å². The predicted octanol–water partition coefficient (Wildman–Crippen LogP) is 2.67. The molecule has 0 aromatic carbocycles. The quantitative estimate of drug-likeness (QED) is 0.832. The number of hydrogen-bond donors (Lipinski definition) is 1. The number of aryl methyl sites for hydroxylation is 1. The first-order valence-electron chi connectivity index (χ1n) is 8.10. The van der Waals surface area contributed by atoms with E-state index in [0.717, 1.165) is 19.6 Å². The molecule has 1 aliphatic heterocycles. The van der Waals surface area contributed by atoms with Crippen LogP contribution in [0.1, 0.15) is 52.1 Å². The zero-order chi connectivity index (χ0) is 14.5. The molecule has 1 N–H and O–H groups in total. The highest BCUT2D eigenvalue weighted by atomic mass is 15.3. The molecule has 1 fully saturated rings. The third-order valence-electron chi connectivity index (χ3n) is 4.22. The molecule has 2 atom stereocenters. The molecule has 4 heteroatoms. The van der Waals surface area contributed by atoms with Crippen LogP contribution in [0.4, 0.5) is 0 Å². The minimum Gasteiger partial charge on any atom is -0.313 e. The number of nitrogens with one attached hydrogen (secondary N) is 1. The van der Waals surface area contributed by atoms with Gasteiger partial charge in [0.25, 0.3) is 0 Å². The Bertz CT molecular complexity index is 393. The van der Waals surface area contributed by atoms with Gasteiger partial charge < -0.3 is 5.32 Å². The lowest BCUT2D eigenvalue weighted by Gasteiger charge is -2.32. The van der Waals surface area contributed by atoms with Crippen molar-refractivity contribution in [1.29, 1.82) is 0 Å². The van der Waals surface area contributed by atoms with Gasteiger partial charge in [-0.05, 0) is 39.2 Å². The Kier molecular flexibility index (Phi) is 5.61. The lowest BCUT2D eigenvalue weighted by molar-refractivity contribution is 0.171. The number of aromatic nitrogens is 2. The summed E-state index contributed by atoms with van der Waals surface area (Å²) in [5.74, 6) is 0.695. The van der Waals surface area contributed by atoms with E-state index in [1.54, 1.807) is 0 Å². The first-order chi connectivity index (χ1) is 9.60. The number of hydrogen-bond acceptors (Lipinski definition) is 3. The average molecular weight is 278 g/mol. The van der Waals surface area contributed by atoms with Crippen LogP contribution in [0.5, 0.6) is 0 Å². The summed E-state index contributed by atoms with van der Waals surface area (Å²) < 4.78 is 2.02. The van der Waals surface area contributed by atoms with Crippen molar-refractivity contribution in [1.82, 2.24) is 20.0 Å². The van der Waals surface area contributed by atoms with E-state index >= 15 is 0 Å². The van der Waals surface area contributed by atoms with Gasteiger partial charge in [0.1, 0.15) is 0 Å². The van der Waals surface area contributed by atoms with Crippen molar-refractivity contribution >= 4 is 0 Å². The summed E-state index contributed by atoms with van der Waals surface area (Å²) in [5, 5.41) is 8.04. The molecule has 1 aromatic rings. The van der Waals surface area contributed by atoms with Gasteiger partial charge in [0.2, 0.25) is 0 Å². The average Bonchev–Trinajstić information content (AvgIpc) is 3.07. The molecular formula is C16H30N4. The summed E-state index contributed by atoms with van der Waals surface area (Å²) in [5.41, 5.74) is 1.34. The second-order valence-electron chi connectivity index (χ2n) is 6.45. The van der Waals surface area contributed by atoms with Crippen LogP contribution in [0, 0.1) is 5.92 Å². The van der Waals surface area contributed by atoms with E-state index in [1.807, 2.05) is 10.9 Å². The summed E-state index contributed by atoms with van der Waals surface area (Å²) in [6.45, 7) is 13.5. The van der Waals surface area contributed by atoms with E-state index < -0.39 is 0 Å². The van der Waals surface area contributed by atoms with Crippen molar-refractivity contribution in [3.63, 3.8) is 0 Å². The highest BCUT2D eigenvalue weighted by Gasteiger charge is 2.23. The van der Waals surface area contributed by atoms with Crippen LogP contribution in [0.15, 0.2) is 12.4 Å². The van der Waals surface area contributed by atoms with Crippen LogP contribution in [-0.4, -0.2) is 40.4 Å². The van der Waals surface area contributed by atoms with Gasteiger partial charge in [0.05, 0.1) is 6.20 Å². The number of rotatable bonds is 7. The molecule has 1 aromatic heterocycles. The minimum atomic E-state index is 0.445. The number of nitrogens with zero attached hydrogens (tertiary/aromatic N) is 3. The van der Waals surface area contributed by atoms with Crippen LogP contribution < -0.4 is 5.32 Å². The van der Waals surface area contributed by atoms with Gasteiger partial charge in [-0.2, -0.15) is 5.10 Å². The highest BCUT2D eigenvalue weighted by Crippen LogP contribution is 2.22. The zero-order valence-electron chi connectivity index (χ0n) is 13.5. The van der Waals surface area contributed by atoms with Crippen molar-refractivity contribution in [2.45, 2.75) is 59.2 Å². The zero-order valence-corrected chi connectivity index (χ0v) is 13.5. The second-order valence-corrected chi connectivity index (χ2v) is 6.45. The smallest absolute Gasteiger partial charge is 0.0537 e. The minimum absolute atomic E-state index is 0.445. The summed E-state index contributed by atoms with van der Waals surface area (Å²) in [6.07, 6.45) is 6.86.